The van der Waals surface area contributed by atoms with Crippen molar-refractivity contribution in [3.8, 4) is 0 Å². The van der Waals surface area contributed by atoms with Gasteiger partial charge in [0, 0.05) is 11.1 Å². The summed E-state index contributed by atoms with van der Waals surface area (Å²) in [4.78, 5) is 56.1. The zero-order valence-electron chi connectivity index (χ0n) is 27.2. The zero-order chi connectivity index (χ0) is 35.6. The fourth-order valence-corrected chi connectivity index (χ4v) is 13.9. The number of esters is 4. The minimum atomic E-state index is -0.645. The minimum Gasteiger partial charge on any atom is -0.465 e. The van der Waals surface area contributed by atoms with Crippen molar-refractivity contribution in [1.29, 1.82) is 0 Å². The van der Waals surface area contributed by atoms with E-state index in [1.165, 1.54) is 48.1 Å². The smallest absolute Gasteiger partial charge is 0.346 e. The predicted octanol–water partition coefficient (Wildman–Crippen LogP) is 9.84. The molecule has 4 aliphatic rings. The number of ether oxygens (including phenoxy) is 4. The Morgan fingerprint density at radius 2 is 0.755 bits per heavy atom. The van der Waals surface area contributed by atoms with Gasteiger partial charge >= 0.3 is 23.9 Å². The summed E-state index contributed by atoms with van der Waals surface area (Å²) in [6.45, 7) is 8.21. The summed E-state index contributed by atoms with van der Waals surface area (Å²) in [5.74, 6) is -1.62. The highest BCUT2D eigenvalue weighted by atomic mass is 32.2. The van der Waals surface area contributed by atoms with Gasteiger partial charge in [-0.1, -0.05) is 94.1 Å². The van der Waals surface area contributed by atoms with Gasteiger partial charge in [-0.3, -0.25) is 0 Å². The molecule has 0 atom stereocenters. The second kappa shape index (κ2) is 16.5. The van der Waals surface area contributed by atoms with Gasteiger partial charge in [0.05, 0.1) is 45.4 Å². The molecule has 5 rings (SSSR count). The lowest BCUT2D eigenvalue weighted by atomic mass is 10.2. The first kappa shape index (κ1) is 38.1. The Morgan fingerprint density at radius 1 is 0.490 bits per heavy atom. The van der Waals surface area contributed by atoms with E-state index in [0.717, 1.165) is 55.5 Å². The topological polar surface area (TPSA) is 118 Å². The van der Waals surface area contributed by atoms with Gasteiger partial charge in [0.2, 0.25) is 0 Å². The lowest BCUT2D eigenvalue weighted by Gasteiger charge is -2.08. The van der Waals surface area contributed by atoms with Crippen LogP contribution in [0, 0.1) is 0 Å². The monoisotopic (exact) mass is 812 g/mol. The van der Waals surface area contributed by atoms with E-state index in [2.05, 4.69) is 27.7 Å². The fourth-order valence-electron chi connectivity index (χ4n) is 4.10. The van der Waals surface area contributed by atoms with Gasteiger partial charge in [-0.15, -0.1) is 0 Å². The first-order chi connectivity index (χ1) is 23.4. The minimum absolute atomic E-state index is 0.130. The second-order valence-corrected chi connectivity index (χ2v) is 20.0. The maximum Gasteiger partial charge on any atom is 0.346 e. The van der Waals surface area contributed by atoms with Gasteiger partial charge < -0.3 is 23.4 Å². The summed E-state index contributed by atoms with van der Waals surface area (Å²) < 4.78 is 29.8. The molecule has 0 unspecified atom stereocenters. The normalized spacial score (nSPS) is 17.8. The van der Waals surface area contributed by atoms with Crippen LogP contribution in [0.15, 0.2) is 84.9 Å². The molecule has 0 fully saturated rings. The number of methoxy groups -OCH3 is 4. The van der Waals surface area contributed by atoms with Crippen molar-refractivity contribution in [2.45, 2.75) is 27.7 Å². The molecule has 0 radical (unpaired) electrons. The number of carbonyl (C=O) groups excluding carboxylic acids is 4. The maximum absolute atomic E-state index is 12.7. The highest BCUT2D eigenvalue weighted by molar-refractivity contribution is 8.30. The lowest BCUT2D eigenvalue weighted by molar-refractivity contribution is -0.138. The molecule has 0 saturated heterocycles. The largest absolute Gasteiger partial charge is 0.465 e. The SMILES string of the molecule is COC(=O)C1=C(C(=O)OC)SC(=C(C=C2SC(C)=C(C)S2)c2ccc(C(C=C3SC(C)=C(C)S3)=C3SC(C(=O)OC)=C(C(=O)OC)S3)o2)S1. The van der Waals surface area contributed by atoms with E-state index in [0.29, 0.717) is 31.1 Å². The van der Waals surface area contributed by atoms with Crippen molar-refractivity contribution < 1.29 is 42.5 Å². The van der Waals surface area contributed by atoms with Crippen molar-refractivity contribution >= 4 is 129 Å². The van der Waals surface area contributed by atoms with Crippen LogP contribution in [0.4, 0.5) is 0 Å². The van der Waals surface area contributed by atoms with E-state index < -0.39 is 23.9 Å². The number of thioether (sulfide) groups is 8. The van der Waals surface area contributed by atoms with Crippen LogP contribution in [-0.2, 0) is 38.1 Å². The Kier molecular flexibility index (Phi) is 12.8. The van der Waals surface area contributed by atoms with Crippen molar-refractivity contribution in [3.63, 3.8) is 0 Å². The highest BCUT2D eigenvalue weighted by Crippen LogP contribution is 2.58. The van der Waals surface area contributed by atoms with E-state index in [1.54, 1.807) is 47.0 Å². The molecule has 17 heteroatoms. The van der Waals surface area contributed by atoms with E-state index in [9.17, 15) is 19.2 Å². The first-order valence-electron chi connectivity index (χ1n) is 14.0. The molecule has 0 amide bonds. The summed E-state index contributed by atoms with van der Waals surface area (Å²) in [6, 6.07) is 3.65. The van der Waals surface area contributed by atoms with E-state index in [-0.39, 0.29) is 19.6 Å². The molecule has 258 valence electrons. The van der Waals surface area contributed by atoms with Gasteiger partial charge in [-0.25, -0.2) is 19.2 Å². The van der Waals surface area contributed by atoms with Crippen LogP contribution in [0.2, 0.25) is 0 Å². The highest BCUT2D eigenvalue weighted by Gasteiger charge is 2.37. The number of hydrogen-bond donors (Lipinski definition) is 0. The number of rotatable bonds is 8. The van der Waals surface area contributed by atoms with Crippen LogP contribution in [0.3, 0.4) is 0 Å². The van der Waals surface area contributed by atoms with Crippen molar-refractivity contribution in [2.24, 2.45) is 0 Å². The molecule has 0 spiro atoms. The third-order valence-corrected chi connectivity index (χ3v) is 16.9. The molecule has 0 aromatic carbocycles. The summed E-state index contributed by atoms with van der Waals surface area (Å²) in [5, 5.41) is 0. The second-order valence-electron chi connectivity index (χ2n) is 9.82. The fraction of sp³-hybridized carbons (Fsp3) is 0.250. The average Bonchev–Trinajstić information content (AvgIpc) is 3.93. The molecule has 0 saturated carbocycles. The maximum atomic E-state index is 12.7. The van der Waals surface area contributed by atoms with Gasteiger partial charge in [0.1, 0.15) is 31.1 Å². The molecule has 4 aliphatic heterocycles. The molecular weight excluding hydrogens is 785 g/mol. The van der Waals surface area contributed by atoms with Crippen molar-refractivity contribution in [2.75, 3.05) is 28.4 Å². The molecule has 0 aliphatic carbocycles. The number of hydrogen-bond acceptors (Lipinski definition) is 17. The van der Waals surface area contributed by atoms with Gasteiger partial charge in [0.15, 0.2) is 0 Å². The van der Waals surface area contributed by atoms with E-state index in [1.807, 2.05) is 24.3 Å². The third-order valence-electron chi connectivity index (χ3n) is 6.78. The standard InChI is InChI=1S/C32H28O9S8/c1-13-14(2)43-21(42-13)11-17(31-46-23(27(33)37-5)24(47-31)28(34)38-6)19-9-10-20(41-19)18(12-22-44-15(3)16(4)45-22)32-48-25(29(35)39-7)26(49-32)30(36)40-8/h9-12H,1-8H3. The Bertz CT molecular complexity index is 1690. The lowest BCUT2D eigenvalue weighted by Crippen LogP contribution is -2.08. The van der Waals surface area contributed by atoms with Gasteiger partial charge in [0.25, 0.3) is 0 Å². The van der Waals surface area contributed by atoms with Crippen LogP contribution >= 0.6 is 94.1 Å². The van der Waals surface area contributed by atoms with Crippen LogP contribution in [0.5, 0.6) is 0 Å². The van der Waals surface area contributed by atoms with Crippen LogP contribution in [0.25, 0.3) is 11.1 Å². The molecule has 1 aromatic rings. The molecule has 5 heterocycles. The van der Waals surface area contributed by atoms with Gasteiger partial charge in [-0.05, 0) is 71.6 Å². The predicted molar refractivity (Wildman–Crippen MR) is 208 cm³/mol. The summed E-state index contributed by atoms with van der Waals surface area (Å²) in [6.07, 6.45) is 3.97. The average molecular weight is 813 g/mol. The van der Waals surface area contributed by atoms with Gasteiger partial charge in [-0.2, -0.15) is 0 Å². The summed E-state index contributed by atoms with van der Waals surface area (Å²) in [7, 11) is 5.04. The Labute approximate surface area is 317 Å². The Morgan fingerprint density at radius 3 is 1.00 bits per heavy atom. The van der Waals surface area contributed by atoms with Crippen molar-refractivity contribution in [1.82, 2.24) is 0 Å². The quantitative estimate of drug-likeness (QED) is 0.183. The van der Waals surface area contributed by atoms with Crippen LogP contribution < -0.4 is 0 Å². The molecule has 1 aromatic heterocycles. The van der Waals surface area contributed by atoms with Crippen LogP contribution in [-0.4, -0.2) is 52.3 Å². The number of carbonyl (C=O) groups is 4. The third kappa shape index (κ3) is 8.35. The number of allylic oxidation sites excluding steroid dienone is 8. The molecule has 0 N–H and O–H groups in total. The molecule has 0 bridgehead atoms. The summed E-state index contributed by atoms with van der Waals surface area (Å²) >= 11 is 11.0. The Hall–Kier alpha value is -2.12. The van der Waals surface area contributed by atoms with Crippen molar-refractivity contribution in [3.05, 3.63) is 92.0 Å². The first-order valence-corrected chi connectivity index (χ1v) is 20.5. The molecule has 49 heavy (non-hydrogen) atoms. The molecule has 9 nitrogen and oxygen atoms in total. The zero-order valence-corrected chi connectivity index (χ0v) is 33.8. The summed E-state index contributed by atoms with van der Waals surface area (Å²) in [5.41, 5.74) is 1.31. The number of furan rings is 1. The molecular formula is C32H28O9S8. The Balaban J connectivity index is 1.64. The van der Waals surface area contributed by atoms with E-state index in [4.69, 9.17) is 23.4 Å². The van der Waals surface area contributed by atoms with E-state index >= 15 is 0 Å². The van der Waals surface area contributed by atoms with Crippen LogP contribution in [0.1, 0.15) is 39.2 Å².